The van der Waals surface area contributed by atoms with E-state index in [1.807, 2.05) is 0 Å². The number of rotatable bonds is 16. The Morgan fingerprint density at radius 2 is 1.10 bits per heavy atom. The smallest absolute Gasteiger partial charge is 0.362 e. The minimum Gasteiger partial charge on any atom is -0.362 e. The Morgan fingerprint density at radius 1 is 0.700 bits per heavy atom. The number of hydrogen-bond acceptors (Lipinski definition) is 4. The van der Waals surface area contributed by atoms with Gasteiger partial charge in [-0.05, 0) is 44.7 Å². The Balaban J connectivity index is 0.000000579. The number of nitrogens with zero attached hydrogens (tertiary/aromatic N) is 1. The third kappa shape index (κ3) is 14.0. The lowest BCUT2D eigenvalue weighted by atomic mass is 10.1. The van der Waals surface area contributed by atoms with Crippen LogP contribution in [0.15, 0.2) is 30.3 Å². The highest BCUT2D eigenvalue weighted by atomic mass is 32.3. The quantitative estimate of drug-likeness (QED) is 0.279. The molecule has 0 N–H and O–H groups in total. The molecule has 1 rings (SSSR count). The van der Waals surface area contributed by atoms with E-state index >= 15 is 0 Å². The molecule has 0 aliphatic rings. The zero-order valence-electron chi connectivity index (χ0n) is 20.1. The first-order valence-electron chi connectivity index (χ1n) is 11.9. The van der Waals surface area contributed by atoms with Gasteiger partial charge in [-0.25, -0.2) is 4.18 Å². The summed E-state index contributed by atoms with van der Waals surface area (Å²) in [5, 5.41) is 0. The summed E-state index contributed by atoms with van der Waals surface area (Å²) in [7, 11) is -3.88. The molecule has 0 saturated heterocycles. The second-order valence-electron chi connectivity index (χ2n) is 7.86. The van der Waals surface area contributed by atoms with Crippen LogP contribution < -0.4 is 4.18 Å². The zero-order valence-corrected chi connectivity index (χ0v) is 20.9. The summed E-state index contributed by atoms with van der Waals surface area (Å²) >= 11 is 0. The molecule has 1 aromatic rings. The molecule has 0 bridgehead atoms. The Kier molecular flexibility index (Phi) is 16.9. The highest BCUT2D eigenvalue weighted by Crippen LogP contribution is 2.16. The van der Waals surface area contributed by atoms with Crippen LogP contribution in [0.25, 0.3) is 0 Å². The second kappa shape index (κ2) is 17.6. The minimum absolute atomic E-state index is 0.0646. The molecule has 5 nitrogen and oxygen atoms in total. The maximum absolute atomic E-state index is 11.0. The average Bonchev–Trinajstić information content (AvgIpc) is 2.73. The lowest BCUT2D eigenvalue weighted by molar-refractivity contribution is -0.929. The molecule has 30 heavy (non-hydrogen) atoms. The van der Waals surface area contributed by atoms with Crippen molar-refractivity contribution in [2.45, 2.75) is 86.0 Å². The molecule has 0 unspecified atom stereocenters. The van der Waals surface area contributed by atoms with Crippen molar-refractivity contribution in [3.8, 4) is 5.75 Å². The lowest BCUT2D eigenvalue weighted by Gasteiger charge is -2.39. The van der Waals surface area contributed by atoms with Gasteiger partial charge >= 0.3 is 10.4 Å². The van der Waals surface area contributed by atoms with Crippen molar-refractivity contribution in [2.24, 2.45) is 0 Å². The fourth-order valence-corrected chi connectivity index (χ4v) is 4.09. The van der Waals surface area contributed by atoms with Crippen LogP contribution in [0.1, 0.15) is 86.0 Å². The van der Waals surface area contributed by atoms with Crippen LogP contribution in [0, 0.1) is 0 Å². The highest BCUT2D eigenvalue weighted by molar-refractivity contribution is 7.82. The van der Waals surface area contributed by atoms with Crippen LogP contribution in [-0.2, 0) is 14.6 Å². The summed E-state index contributed by atoms with van der Waals surface area (Å²) in [5.41, 5.74) is 0. The Bertz CT molecular complexity index is 567. The van der Waals surface area contributed by atoms with Gasteiger partial charge in [-0.3, -0.25) is 0 Å². The number of benzene rings is 1. The van der Waals surface area contributed by atoms with Gasteiger partial charge < -0.3 is 8.67 Å². The predicted octanol–water partition coefficient (Wildman–Crippen LogP) is 6.35. The van der Waals surface area contributed by atoms with Gasteiger partial charge in [-0.1, -0.05) is 71.6 Å². The van der Waals surface area contributed by atoms with Crippen LogP contribution in [0.2, 0.25) is 0 Å². The SMILES string of the molecule is CCCC[N+](CCCC)(CCCC)CCCC.CCOS(=O)(=O)Oc1ccccc1. The van der Waals surface area contributed by atoms with Crippen molar-refractivity contribution in [1.82, 2.24) is 0 Å². The molecule has 1 aromatic carbocycles. The Morgan fingerprint density at radius 3 is 1.43 bits per heavy atom. The summed E-state index contributed by atoms with van der Waals surface area (Å²) in [4.78, 5) is 0. The van der Waals surface area contributed by atoms with Crippen molar-refractivity contribution < 1.29 is 21.3 Å². The molecule has 0 aliphatic carbocycles. The van der Waals surface area contributed by atoms with Crippen molar-refractivity contribution >= 4 is 10.4 Å². The monoisotopic (exact) mass is 444 g/mol. The number of quaternary nitrogens is 1. The first kappa shape index (κ1) is 28.9. The molecule has 0 aliphatic heterocycles. The predicted molar refractivity (Wildman–Crippen MR) is 127 cm³/mol. The van der Waals surface area contributed by atoms with Crippen molar-refractivity contribution in [3.05, 3.63) is 30.3 Å². The van der Waals surface area contributed by atoms with Crippen molar-refractivity contribution in [3.63, 3.8) is 0 Å². The van der Waals surface area contributed by atoms with Gasteiger partial charge in [0, 0.05) is 0 Å². The van der Waals surface area contributed by atoms with E-state index in [1.54, 1.807) is 25.1 Å². The van der Waals surface area contributed by atoms with Crippen molar-refractivity contribution in [1.29, 1.82) is 0 Å². The summed E-state index contributed by atoms with van der Waals surface area (Å²) in [5.74, 6) is 0.246. The van der Waals surface area contributed by atoms with Gasteiger partial charge in [0.25, 0.3) is 0 Å². The number of hydrogen-bond donors (Lipinski definition) is 0. The van der Waals surface area contributed by atoms with Crippen LogP contribution >= 0.6 is 0 Å². The molecule has 0 amide bonds. The molecule has 0 spiro atoms. The molecule has 0 radical (unpaired) electrons. The maximum atomic E-state index is 11.0. The maximum Gasteiger partial charge on any atom is 0.449 e. The van der Waals surface area contributed by atoms with E-state index in [1.165, 1.54) is 94.2 Å². The van der Waals surface area contributed by atoms with E-state index in [0.29, 0.717) is 0 Å². The summed E-state index contributed by atoms with van der Waals surface area (Å²) in [6.45, 7) is 16.7. The molecule has 6 heteroatoms. The van der Waals surface area contributed by atoms with Gasteiger partial charge in [0.15, 0.2) is 0 Å². The summed E-state index contributed by atoms with van der Waals surface area (Å²) < 4.78 is 32.3. The third-order valence-electron chi connectivity index (χ3n) is 5.15. The van der Waals surface area contributed by atoms with Crippen LogP contribution in [-0.4, -0.2) is 45.7 Å². The van der Waals surface area contributed by atoms with Crippen LogP contribution in [0.5, 0.6) is 5.75 Å². The van der Waals surface area contributed by atoms with Crippen LogP contribution in [0.3, 0.4) is 0 Å². The number of para-hydroxylation sites is 1. The second-order valence-corrected chi connectivity index (χ2v) is 9.08. The Hall–Kier alpha value is -1.11. The van der Waals surface area contributed by atoms with E-state index in [9.17, 15) is 8.42 Å². The standard InChI is InChI=1S/C16H36N.C8H10O4S/c1-5-9-13-17(14-10-6-2,15-11-7-3)16-12-8-4;1-2-11-13(9,10)12-8-6-4-3-5-7-8/h5-16H2,1-4H3;3-7H,2H2,1H3/q+1;. The van der Waals surface area contributed by atoms with Crippen molar-refractivity contribution in [2.75, 3.05) is 32.8 Å². The minimum atomic E-state index is -3.88. The molecule has 0 aromatic heterocycles. The molecular weight excluding hydrogens is 398 g/mol. The molecule has 0 atom stereocenters. The molecule has 0 heterocycles. The lowest BCUT2D eigenvalue weighted by Crippen LogP contribution is -2.50. The molecule has 176 valence electrons. The molecular formula is C24H46NO4S+. The van der Waals surface area contributed by atoms with Gasteiger partial charge in [0.1, 0.15) is 5.75 Å². The topological polar surface area (TPSA) is 52.6 Å². The first-order chi connectivity index (χ1) is 14.4. The van der Waals surface area contributed by atoms with E-state index in [2.05, 4.69) is 36.1 Å². The zero-order chi connectivity index (χ0) is 22.7. The average molecular weight is 445 g/mol. The third-order valence-corrected chi connectivity index (χ3v) is 6.07. The first-order valence-corrected chi connectivity index (χ1v) is 13.2. The van der Waals surface area contributed by atoms with E-state index in [0.717, 1.165) is 0 Å². The van der Waals surface area contributed by atoms with E-state index in [-0.39, 0.29) is 12.4 Å². The van der Waals surface area contributed by atoms with Crippen LogP contribution in [0.4, 0.5) is 0 Å². The largest absolute Gasteiger partial charge is 0.449 e. The summed E-state index contributed by atoms with van der Waals surface area (Å²) in [6, 6.07) is 8.20. The van der Waals surface area contributed by atoms with Gasteiger partial charge in [-0.15, -0.1) is 0 Å². The van der Waals surface area contributed by atoms with Gasteiger partial charge in [-0.2, -0.15) is 8.42 Å². The normalized spacial score (nSPS) is 11.6. The van der Waals surface area contributed by atoms with E-state index in [4.69, 9.17) is 0 Å². The van der Waals surface area contributed by atoms with E-state index < -0.39 is 10.4 Å². The number of unbranched alkanes of at least 4 members (excludes halogenated alkanes) is 4. The fourth-order valence-electron chi connectivity index (χ4n) is 3.41. The summed E-state index contributed by atoms with van der Waals surface area (Å²) in [6.07, 6.45) is 11.1. The van der Waals surface area contributed by atoms with Gasteiger partial charge in [0.2, 0.25) is 0 Å². The van der Waals surface area contributed by atoms with Gasteiger partial charge in [0.05, 0.1) is 32.8 Å². The molecule has 0 saturated carbocycles. The Labute approximate surface area is 186 Å². The highest BCUT2D eigenvalue weighted by Gasteiger charge is 2.24. The fraction of sp³-hybridized carbons (Fsp3) is 0.750. The molecule has 0 fully saturated rings.